The molecule has 0 N–H and O–H groups in total. The van der Waals surface area contributed by atoms with E-state index in [9.17, 15) is 0 Å². The minimum atomic E-state index is -0.103. The zero-order chi connectivity index (χ0) is 18.6. The Balaban J connectivity index is 1.77. The highest BCUT2D eigenvalue weighted by Crippen LogP contribution is 2.22. The van der Waals surface area contributed by atoms with E-state index in [-0.39, 0.29) is 11.6 Å². The van der Waals surface area contributed by atoms with Crippen molar-refractivity contribution in [3.63, 3.8) is 0 Å². The molecule has 0 spiro atoms. The van der Waals surface area contributed by atoms with Crippen molar-refractivity contribution in [2.24, 2.45) is 0 Å². The summed E-state index contributed by atoms with van der Waals surface area (Å²) < 4.78 is 7.81. The summed E-state index contributed by atoms with van der Waals surface area (Å²) in [6.45, 7) is 9.73. The van der Waals surface area contributed by atoms with E-state index in [4.69, 9.17) is 16.3 Å². The second-order valence-electron chi connectivity index (χ2n) is 7.60. The number of tetrazole rings is 1. The van der Waals surface area contributed by atoms with Crippen molar-refractivity contribution in [1.82, 2.24) is 25.1 Å². The van der Waals surface area contributed by atoms with E-state index in [0.717, 1.165) is 49.8 Å². The summed E-state index contributed by atoms with van der Waals surface area (Å²) in [5.74, 6) is 0.892. The molecule has 0 saturated carbocycles. The van der Waals surface area contributed by atoms with Gasteiger partial charge in [-0.05, 0) is 61.2 Å². The Kier molecular flexibility index (Phi) is 6.27. The van der Waals surface area contributed by atoms with Crippen LogP contribution in [-0.4, -0.2) is 44.4 Å². The average molecular weight is 378 g/mol. The number of rotatable bonds is 8. The number of hydrogen-bond acceptors (Lipinski definition) is 5. The number of nitrogens with zero attached hydrogens (tertiary/aromatic N) is 5. The SMILES string of the molecule is CCC(C)(C)n1nnnc1CN(Cc1ccc(Cl)cc1)C[C@@H]1CCCO1. The monoisotopic (exact) mass is 377 g/mol. The summed E-state index contributed by atoms with van der Waals surface area (Å²) in [7, 11) is 0. The maximum Gasteiger partial charge on any atom is 0.165 e. The van der Waals surface area contributed by atoms with Gasteiger partial charge in [-0.25, -0.2) is 4.68 Å². The van der Waals surface area contributed by atoms with Crippen molar-refractivity contribution in [3.05, 3.63) is 40.7 Å². The van der Waals surface area contributed by atoms with Gasteiger partial charge in [0.25, 0.3) is 0 Å². The van der Waals surface area contributed by atoms with E-state index in [1.807, 2.05) is 16.8 Å². The molecule has 0 radical (unpaired) electrons. The van der Waals surface area contributed by atoms with Crippen molar-refractivity contribution < 1.29 is 4.74 Å². The highest BCUT2D eigenvalue weighted by molar-refractivity contribution is 6.30. The van der Waals surface area contributed by atoms with Crippen LogP contribution in [0.1, 0.15) is 51.4 Å². The van der Waals surface area contributed by atoms with Crippen LogP contribution in [0.5, 0.6) is 0 Å². The quantitative estimate of drug-likeness (QED) is 0.702. The van der Waals surface area contributed by atoms with Crippen molar-refractivity contribution in [3.8, 4) is 0 Å². The number of aromatic nitrogens is 4. The van der Waals surface area contributed by atoms with Gasteiger partial charge in [-0.1, -0.05) is 30.7 Å². The molecule has 1 fully saturated rings. The minimum absolute atomic E-state index is 0.103. The molecule has 1 aromatic heterocycles. The molecule has 1 aliphatic rings. The fourth-order valence-corrected chi connectivity index (χ4v) is 3.36. The van der Waals surface area contributed by atoms with E-state index >= 15 is 0 Å². The fraction of sp³-hybridized carbons (Fsp3) is 0.632. The lowest BCUT2D eigenvalue weighted by molar-refractivity contribution is 0.0657. The molecular formula is C19H28ClN5O. The molecule has 2 aromatic rings. The molecule has 26 heavy (non-hydrogen) atoms. The molecule has 0 aliphatic carbocycles. The maximum atomic E-state index is 6.02. The predicted octanol–water partition coefficient (Wildman–Crippen LogP) is 3.65. The molecule has 1 aliphatic heterocycles. The second-order valence-corrected chi connectivity index (χ2v) is 8.04. The van der Waals surface area contributed by atoms with Gasteiger partial charge in [0.2, 0.25) is 0 Å². The largest absolute Gasteiger partial charge is 0.377 e. The minimum Gasteiger partial charge on any atom is -0.377 e. The van der Waals surface area contributed by atoms with Crippen LogP contribution in [0.15, 0.2) is 24.3 Å². The summed E-state index contributed by atoms with van der Waals surface area (Å²) in [5.41, 5.74) is 1.12. The molecule has 3 rings (SSSR count). The first-order chi connectivity index (χ1) is 12.5. The summed E-state index contributed by atoms with van der Waals surface area (Å²) in [6.07, 6.45) is 3.50. The van der Waals surface area contributed by atoms with Crippen LogP contribution < -0.4 is 0 Å². The second kappa shape index (κ2) is 8.46. The zero-order valence-electron chi connectivity index (χ0n) is 15.9. The lowest BCUT2D eigenvalue weighted by Crippen LogP contribution is -2.35. The van der Waals surface area contributed by atoms with E-state index in [1.54, 1.807) is 0 Å². The zero-order valence-corrected chi connectivity index (χ0v) is 16.6. The standard InChI is InChI=1S/C19H28ClN5O/c1-4-19(2,3)25-18(21-22-23-25)14-24(13-17-6-5-11-26-17)12-15-7-9-16(20)10-8-15/h7-10,17H,4-6,11-14H2,1-3H3/t17-/m0/s1. The lowest BCUT2D eigenvalue weighted by atomic mass is 10.0. The Morgan fingerprint density at radius 3 is 2.69 bits per heavy atom. The summed E-state index contributed by atoms with van der Waals surface area (Å²) in [6, 6.07) is 8.02. The smallest absolute Gasteiger partial charge is 0.165 e. The Morgan fingerprint density at radius 1 is 1.27 bits per heavy atom. The van der Waals surface area contributed by atoms with Crippen LogP contribution in [0.4, 0.5) is 0 Å². The maximum absolute atomic E-state index is 6.02. The first kappa shape index (κ1) is 19.3. The molecule has 1 atom stereocenters. The Morgan fingerprint density at radius 2 is 2.04 bits per heavy atom. The molecule has 2 heterocycles. The fourth-order valence-electron chi connectivity index (χ4n) is 3.23. The van der Waals surface area contributed by atoms with Crippen LogP contribution in [0.3, 0.4) is 0 Å². The van der Waals surface area contributed by atoms with Crippen molar-refractivity contribution in [2.75, 3.05) is 13.2 Å². The molecule has 1 saturated heterocycles. The molecule has 0 bridgehead atoms. The van der Waals surface area contributed by atoms with Gasteiger partial charge in [0, 0.05) is 24.7 Å². The van der Waals surface area contributed by atoms with E-state index in [2.05, 4.69) is 53.3 Å². The summed E-state index contributed by atoms with van der Waals surface area (Å²) in [4.78, 5) is 2.37. The van der Waals surface area contributed by atoms with E-state index in [1.165, 1.54) is 5.56 Å². The first-order valence-corrected chi connectivity index (χ1v) is 9.72. The van der Waals surface area contributed by atoms with Gasteiger partial charge in [-0.3, -0.25) is 4.90 Å². The van der Waals surface area contributed by atoms with Crippen molar-refractivity contribution >= 4 is 11.6 Å². The van der Waals surface area contributed by atoms with Gasteiger partial charge in [0.05, 0.1) is 18.2 Å². The van der Waals surface area contributed by atoms with Crippen molar-refractivity contribution in [2.45, 2.75) is 64.8 Å². The van der Waals surface area contributed by atoms with Crippen LogP contribution >= 0.6 is 11.6 Å². The third-order valence-corrected chi connectivity index (χ3v) is 5.39. The predicted molar refractivity (Wildman–Crippen MR) is 102 cm³/mol. The van der Waals surface area contributed by atoms with Gasteiger partial charge < -0.3 is 4.74 Å². The number of halogens is 1. The molecule has 142 valence electrons. The molecule has 1 aromatic carbocycles. The van der Waals surface area contributed by atoms with Gasteiger partial charge in [0.1, 0.15) is 0 Å². The normalized spacial score (nSPS) is 18.0. The van der Waals surface area contributed by atoms with Crippen LogP contribution in [0.25, 0.3) is 0 Å². The van der Waals surface area contributed by atoms with Crippen LogP contribution in [0, 0.1) is 0 Å². The molecule has 6 nitrogen and oxygen atoms in total. The molecule has 0 amide bonds. The Bertz CT molecular complexity index is 694. The highest BCUT2D eigenvalue weighted by Gasteiger charge is 2.26. The molecular weight excluding hydrogens is 350 g/mol. The van der Waals surface area contributed by atoms with Gasteiger partial charge in [-0.2, -0.15) is 0 Å². The molecule has 0 unspecified atom stereocenters. The lowest BCUT2D eigenvalue weighted by Gasteiger charge is -2.28. The topological polar surface area (TPSA) is 56.1 Å². The van der Waals surface area contributed by atoms with Crippen molar-refractivity contribution in [1.29, 1.82) is 0 Å². The number of ether oxygens (including phenoxy) is 1. The van der Waals surface area contributed by atoms with Crippen LogP contribution in [0.2, 0.25) is 5.02 Å². The van der Waals surface area contributed by atoms with E-state index in [0.29, 0.717) is 6.54 Å². The third kappa shape index (κ3) is 4.81. The van der Waals surface area contributed by atoms with Gasteiger partial charge in [0.15, 0.2) is 5.82 Å². The Hall–Kier alpha value is -1.50. The van der Waals surface area contributed by atoms with Crippen LogP contribution in [-0.2, 0) is 23.4 Å². The first-order valence-electron chi connectivity index (χ1n) is 9.34. The molecule has 7 heteroatoms. The van der Waals surface area contributed by atoms with Gasteiger partial charge >= 0.3 is 0 Å². The Labute approximate surface area is 160 Å². The summed E-state index contributed by atoms with van der Waals surface area (Å²) >= 11 is 6.02. The van der Waals surface area contributed by atoms with E-state index < -0.39 is 0 Å². The van der Waals surface area contributed by atoms with Gasteiger partial charge in [-0.15, -0.1) is 5.10 Å². The third-order valence-electron chi connectivity index (χ3n) is 5.14. The highest BCUT2D eigenvalue weighted by atomic mass is 35.5. The summed E-state index contributed by atoms with van der Waals surface area (Å²) in [5, 5.41) is 13.2. The number of hydrogen-bond donors (Lipinski definition) is 0. The number of benzene rings is 1. The average Bonchev–Trinajstić information content (AvgIpc) is 3.29.